The van der Waals surface area contributed by atoms with Crippen molar-refractivity contribution in [3.8, 4) is 23.1 Å². The molecule has 312 valence electrons. The van der Waals surface area contributed by atoms with Gasteiger partial charge in [0.05, 0.1) is 34.9 Å². The van der Waals surface area contributed by atoms with Crippen LogP contribution < -0.4 is 20.1 Å². The van der Waals surface area contributed by atoms with Crippen LogP contribution in [-0.4, -0.2) is 50.2 Å². The fourth-order valence-corrected chi connectivity index (χ4v) is 8.34. The van der Waals surface area contributed by atoms with Gasteiger partial charge >= 0.3 is 18.1 Å². The number of halogens is 4. The predicted molar refractivity (Wildman–Crippen MR) is 218 cm³/mol. The Morgan fingerprint density at radius 2 is 1.44 bits per heavy atom. The number of hydrogen-bond donors (Lipinski definition) is 4. The lowest BCUT2D eigenvalue weighted by Crippen LogP contribution is -2.25. The number of fused-ring (bicyclic) bond motifs is 2. The fourth-order valence-electron chi connectivity index (χ4n) is 8.34. The zero-order chi connectivity index (χ0) is 42.7. The van der Waals surface area contributed by atoms with Gasteiger partial charge in [-0.05, 0) is 114 Å². The lowest BCUT2D eigenvalue weighted by molar-refractivity contribution is -0.141. The Labute approximate surface area is 347 Å². The van der Waals surface area contributed by atoms with Gasteiger partial charge in [-0.15, -0.1) is 0 Å². The van der Waals surface area contributed by atoms with Gasteiger partial charge in [0, 0.05) is 43.4 Å². The maximum atomic E-state index is 14.7. The number of anilines is 2. The SMILES string of the molecule is O=C(O)c1ccncc1NCC1CCCc2cc(Oc3cccc(C(F)(F)F)n3)c(C3Cc4cc(Oc5ccccc5F)ccc4C(CNc4cnccc4C(=O)O)C3)cc21. The van der Waals surface area contributed by atoms with E-state index in [0.29, 0.717) is 55.2 Å². The van der Waals surface area contributed by atoms with E-state index >= 15 is 0 Å². The van der Waals surface area contributed by atoms with Crippen LogP contribution in [0.3, 0.4) is 0 Å². The number of aromatic nitrogens is 3. The van der Waals surface area contributed by atoms with E-state index in [0.717, 1.165) is 46.7 Å². The van der Waals surface area contributed by atoms with Gasteiger partial charge in [0.2, 0.25) is 5.88 Å². The monoisotopic (exact) mass is 833 g/mol. The highest BCUT2D eigenvalue weighted by atomic mass is 19.4. The molecular formula is C46H39F4N5O6. The summed E-state index contributed by atoms with van der Waals surface area (Å²) in [5.74, 6) is -2.77. The van der Waals surface area contributed by atoms with Gasteiger partial charge in [0.15, 0.2) is 11.6 Å². The van der Waals surface area contributed by atoms with Crippen LogP contribution in [0.15, 0.2) is 110 Å². The second kappa shape index (κ2) is 17.3. The Morgan fingerprint density at radius 1 is 0.738 bits per heavy atom. The fraction of sp³-hybridized carbons (Fsp3) is 0.239. The van der Waals surface area contributed by atoms with E-state index in [4.69, 9.17) is 9.47 Å². The third kappa shape index (κ3) is 9.10. The zero-order valence-electron chi connectivity index (χ0n) is 32.5. The molecule has 0 saturated carbocycles. The van der Waals surface area contributed by atoms with Crippen molar-refractivity contribution in [2.75, 3.05) is 23.7 Å². The molecular weight excluding hydrogens is 795 g/mol. The zero-order valence-corrected chi connectivity index (χ0v) is 32.5. The van der Waals surface area contributed by atoms with Crippen molar-refractivity contribution in [2.45, 2.75) is 56.0 Å². The Hall–Kier alpha value is -7.03. The number of carboxylic acids is 2. The van der Waals surface area contributed by atoms with Crippen molar-refractivity contribution in [2.24, 2.45) is 0 Å². The summed E-state index contributed by atoms with van der Waals surface area (Å²) in [6, 6.07) is 21.8. The molecule has 3 unspecified atom stereocenters. The summed E-state index contributed by atoms with van der Waals surface area (Å²) in [5.41, 5.74) is 4.26. The third-order valence-corrected chi connectivity index (χ3v) is 11.2. The number of hydrogen-bond acceptors (Lipinski definition) is 9. The molecule has 6 aromatic rings. The van der Waals surface area contributed by atoms with E-state index in [2.05, 4.69) is 31.7 Å². The molecule has 0 amide bonds. The van der Waals surface area contributed by atoms with Crippen LogP contribution in [0.1, 0.15) is 91.2 Å². The Bertz CT molecular complexity index is 2610. The number of nitrogens with one attached hydrogen (secondary N) is 2. The molecule has 3 aromatic heterocycles. The van der Waals surface area contributed by atoms with Gasteiger partial charge in [-0.1, -0.05) is 30.3 Å². The molecule has 2 aliphatic carbocycles. The number of carboxylic acid groups (broad SMARTS) is 2. The van der Waals surface area contributed by atoms with Gasteiger partial charge in [-0.25, -0.2) is 19.0 Å². The van der Waals surface area contributed by atoms with Crippen LogP contribution in [0, 0.1) is 5.82 Å². The first-order valence-electron chi connectivity index (χ1n) is 19.7. The summed E-state index contributed by atoms with van der Waals surface area (Å²) in [5, 5.41) is 26.2. The van der Waals surface area contributed by atoms with Crippen molar-refractivity contribution < 1.29 is 46.8 Å². The van der Waals surface area contributed by atoms with Gasteiger partial charge < -0.3 is 30.3 Å². The second-order valence-corrected chi connectivity index (χ2v) is 15.1. The molecule has 15 heteroatoms. The second-order valence-electron chi connectivity index (χ2n) is 15.1. The van der Waals surface area contributed by atoms with Gasteiger partial charge in [-0.3, -0.25) is 9.97 Å². The van der Waals surface area contributed by atoms with Crippen molar-refractivity contribution in [1.29, 1.82) is 0 Å². The Balaban J connectivity index is 1.20. The van der Waals surface area contributed by atoms with E-state index in [1.54, 1.807) is 18.2 Å². The van der Waals surface area contributed by atoms with Crippen LogP contribution in [0.4, 0.5) is 28.9 Å². The molecule has 3 atom stereocenters. The average molecular weight is 834 g/mol. The predicted octanol–water partition coefficient (Wildman–Crippen LogP) is 10.5. The molecule has 0 aliphatic heterocycles. The van der Waals surface area contributed by atoms with Crippen molar-refractivity contribution in [1.82, 2.24) is 15.0 Å². The first-order valence-corrected chi connectivity index (χ1v) is 19.7. The maximum Gasteiger partial charge on any atom is 0.433 e. The summed E-state index contributed by atoms with van der Waals surface area (Å²) in [4.78, 5) is 36.1. The van der Waals surface area contributed by atoms with Crippen molar-refractivity contribution in [3.05, 3.63) is 160 Å². The summed E-state index contributed by atoms with van der Waals surface area (Å²) in [6.45, 7) is 0.685. The summed E-state index contributed by atoms with van der Waals surface area (Å²) in [6.07, 6.45) is 4.27. The quantitative estimate of drug-likeness (QED) is 0.0822. The number of alkyl halides is 3. The van der Waals surface area contributed by atoms with Crippen LogP contribution >= 0.6 is 0 Å². The van der Waals surface area contributed by atoms with Gasteiger partial charge in [0.25, 0.3) is 0 Å². The minimum atomic E-state index is -4.70. The maximum absolute atomic E-state index is 14.7. The highest BCUT2D eigenvalue weighted by Crippen LogP contribution is 2.47. The first kappa shape index (κ1) is 40.7. The summed E-state index contributed by atoms with van der Waals surface area (Å²) < 4.78 is 68.5. The van der Waals surface area contributed by atoms with Crippen LogP contribution in [0.2, 0.25) is 0 Å². The minimum absolute atomic E-state index is 0.0474. The molecule has 4 N–H and O–H groups in total. The van der Waals surface area contributed by atoms with E-state index in [1.807, 2.05) is 18.2 Å². The lowest BCUT2D eigenvalue weighted by atomic mass is 9.72. The number of para-hydroxylation sites is 1. The minimum Gasteiger partial charge on any atom is -0.478 e. The topological polar surface area (TPSA) is 156 Å². The van der Waals surface area contributed by atoms with E-state index in [1.165, 1.54) is 61.2 Å². The number of rotatable bonds is 13. The molecule has 0 fully saturated rings. The first-order chi connectivity index (χ1) is 29.4. The van der Waals surface area contributed by atoms with E-state index in [9.17, 15) is 37.4 Å². The number of aromatic carboxylic acids is 2. The summed E-state index contributed by atoms with van der Waals surface area (Å²) in [7, 11) is 0. The molecule has 11 nitrogen and oxygen atoms in total. The molecule has 61 heavy (non-hydrogen) atoms. The van der Waals surface area contributed by atoms with Gasteiger partial charge in [0.1, 0.15) is 17.2 Å². The van der Waals surface area contributed by atoms with Crippen LogP contribution in [0.25, 0.3) is 0 Å². The smallest absolute Gasteiger partial charge is 0.433 e. The summed E-state index contributed by atoms with van der Waals surface area (Å²) >= 11 is 0. The number of ether oxygens (including phenoxy) is 2. The Kier molecular flexibility index (Phi) is 11.5. The van der Waals surface area contributed by atoms with Gasteiger partial charge in [-0.2, -0.15) is 13.2 Å². The molecule has 2 aliphatic rings. The largest absolute Gasteiger partial charge is 0.478 e. The molecule has 8 rings (SSSR count). The number of carbonyl (C=O) groups is 2. The van der Waals surface area contributed by atoms with E-state index < -0.39 is 29.6 Å². The normalized spacial score (nSPS) is 17.1. The molecule has 3 heterocycles. The third-order valence-electron chi connectivity index (χ3n) is 11.2. The molecule has 0 saturated heterocycles. The Morgan fingerprint density at radius 3 is 2.13 bits per heavy atom. The average Bonchev–Trinajstić information content (AvgIpc) is 3.25. The number of benzene rings is 3. The molecule has 0 spiro atoms. The lowest BCUT2D eigenvalue weighted by Gasteiger charge is -2.35. The highest BCUT2D eigenvalue weighted by Gasteiger charge is 2.35. The highest BCUT2D eigenvalue weighted by molar-refractivity contribution is 5.94. The molecule has 0 radical (unpaired) electrons. The van der Waals surface area contributed by atoms with Crippen molar-refractivity contribution in [3.63, 3.8) is 0 Å². The van der Waals surface area contributed by atoms with Crippen molar-refractivity contribution >= 4 is 23.3 Å². The number of pyridine rings is 3. The van der Waals surface area contributed by atoms with E-state index in [-0.39, 0.29) is 40.5 Å². The van der Waals surface area contributed by atoms with Crippen LogP contribution in [-0.2, 0) is 19.0 Å². The van der Waals surface area contributed by atoms with Crippen LogP contribution in [0.5, 0.6) is 23.1 Å². The number of nitrogens with zero attached hydrogens (tertiary/aromatic N) is 3. The number of aryl methyl sites for hydroxylation is 1. The standard InChI is InChI=1S/C46H39F4N5O6/c47-37-7-1-2-8-40(37)60-31-11-12-32-29(19-31)17-28(18-30(32)23-54-39-25-52-16-14-34(39)45(58)59)36-21-35-26(20-41(36)61-43-10-4-9-42(55-43)46(48,49)50)5-3-6-27(35)22-53-38-24-51-15-13-33(38)44(56)57/h1-2,4,7-16,19-21,24-25,27-28,30,53-54H,3,5-6,17-18,22-23H2,(H,56,57)(H,58,59). The molecule has 0 bridgehead atoms. The molecule has 3 aromatic carbocycles.